The highest BCUT2D eigenvalue weighted by Gasteiger charge is 2.30. The van der Waals surface area contributed by atoms with Crippen molar-refractivity contribution in [2.75, 3.05) is 0 Å². The van der Waals surface area contributed by atoms with Gasteiger partial charge >= 0.3 is 12.8 Å². The number of hydrogen-bond donors (Lipinski definition) is 1. The van der Waals surface area contributed by atoms with E-state index in [4.69, 9.17) is 0 Å². The maximum atomic E-state index is 12.6. The van der Waals surface area contributed by atoms with Gasteiger partial charge in [0.1, 0.15) is 10.8 Å². The topological polar surface area (TPSA) is 51.2 Å². The summed E-state index contributed by atoms with van der Waals surface area (Å²) < 4.78 is 66.4. The van der Waals surface area contributed by atoms with E-state index in [1.54, 1.807) is 17.5 Å². The van der Waals surface area contributed by atoms with Crippen LogP contribution in [0.25, 0.3) is 10.6 Å². The molecule has 158 valence electrons. The van der Waals surface area contributed by atoms with Gasteiger partial charge in [-0.2, -0.15) is 22.0 Å². The molecule has 0 aliphatic heterocycles. The maximum Gasteiger partial charge on any atom is 0.416 e. The number of benzene rings is 2. The van der Waals surface area contributed by atoms with Crippen molar-refractivity contribution in [3.05, 3.63) is 70.7 Å². The molecule has 4 nitrogen and oxygen atoms in total. The lowest BCUT2D eigenvalue weighted by Crippen LogP contribution is -2.24. The minimum absolute atomic E-state index is 0.00368. The monoisotopic (exact) mass is 442 g/mol. The summed E-state index contributed by atoms with van der Waals surface area (Å²) in [4.78, 5) is 16.4. The van der Waals surface area contributed by atoms with Gasteiger partial charge in [-0.1, -0.05) is 24.3 Å². The summed E-state index contributed by atoms with van der Waals surface area (Å²) in [5, 5.41) is 4.88. The number of thiazole rings is 1. The molecular formula is C20H15F5N2O2S. The standard InChI is InChI=1S/C20H15F5N2O2S/c21-19(22)29-16-7-1-12(2-8-16)10-26-17(28)9-15-11-30-18(27-15)13-3-5-14(6-4-13)20(23,24)25/h1-8,11,19H,9-10H2,(H,26,28). The molecule has 2 aromatic carbocycles. The van der Waals surface area contributed by atoms with Gasteiger partial charge in [-0.3, -0.25) is 4.79 Å². The quantitative estimate of drug-likeness (QED) is 0.506. The molecule has 0 saturated heterocycles. The number of nitrogens with one attached hydrogen (secondary N) is 1. The fourth-order valence-electron chi connectivity index (χ4n) is 2.54. The predicted molar refractivity (Wildman–Crippen MR) is 101 cm³/mol. The lowest BCUT2D eigenvalue weighted by atomic mass is 10.1. The van der Waals surface area contributed by atoms with E-state index in [1.165, 1.54) is 35.6 Å². The fraction of sp³-hybridized carbons (Fsp3) is 0.200. The van der Waals surface area contributed by atoms with Gasteiger partial charge in [-0.05, 0) is 29.8 Å². The van der Waals surface area contributed by atoms with Crippen LogP contribution < -0.4 is 10.1 Å². The van der Waals surface area contributed by atoms with E-state index in [-0.39, 0.29) is 24.6 Å². The SMILES string of the molecule is O=C(Cc1csc(-c2ccc(C(F)(F)F)cc2)n1)NCc1ccc(OC(F)F)cc1. The molecule has 0 unspecified atom stereocenters. The minimum atomic E-state index is -4.40. The summed E-state index contributed by atoms with van der Waals surface area (Å²) in [5.41, 5.74) is 0.990. The molecule has 1 aromatic heterocycles. The van der Waals surface area contributed by atoms with Crippen LogP contribution in [-0.2, 0) is 23.9 Å². The summed E-state index contributed by atoms with van der Waals surface area (Å²) in [6.45, 7) is -2.70. The van der Waals surface area contributed by atoms with Crippen LogP contribution in [0.2, 0.25) is 0 Å². The number of carbonyl (C=O) groups is 1. The molecule has 0 radical (unpaired) electrons. The van der Waals surface area contributed by atoms with Gasteiger partial charge in [0, 0.05) is 17.5 Å². The summed E-state index contributed by atoms with van der Waals surface area (Å²) in [5.74, 6) is -0.273. The number of carbonyl (C=O) groups excluding carboxylic acids is 1. The Morgan fingerprint density at radius 1 is 1.07 bits per heavy atom. The molecular weight excluding hydrogens is 427 g/mol. The van der Waals surface area contributed by atoms with Crippen LogP contribution in [0, 0.1) is 0 Å². The van der Waals surface area contributed by atoms with E-state index < -0.39 is 18.4 Å². The molecule has 0 fully saturated rings. The average molecular weight is 442 g/mol. The first-order valence-corrected chi connectivity index (χ1v) is 9.51. The van der Waals surface area contributed by atoms with Crippen LogP contribution in [-0.4, -0.2) is 17.5 Å². The fourth-order valence-corrected chi connectivity index (χ4v) is 3.36. The Kier molecular flexibility index (Phi) is 6.66. The number of nitrogens with zero attached hydrogens (tertiary/aromatic N) is 1. The maximum absolute atomic E-state index is 12.6. The van der Waals surface area contributed by atoms with Gasteiger partial charge in [-0.15, -0.1) is 11.3 Å². The zero-order valence-corrected chi connectivity index (χ0v) is 16.1. The zero-order valence-electron chi connectivity index (χ0n) is 15.2. The molecule has 0 spiro atoms. The number of hydrogen-bond acceptors (Lipinski definition) is 4. The number of amides is 1. The third-order valence-corrected chi connectivity index (χ3v) is 4.93. The van der Waals surface area contributed by atoms with Crippen LogP contribution in [0.4, 0.5) is 22.0 Å². The molecule has 0 saturated carbocycles. The Labute approximate surface area is 172 Å². The zero-order chi connectivity index (χ0) is 21.7. The molecule has 1 amide bonds. The van der Waals surface area contributed by atoms with Crippen LogP contribution in [0.15, 0.2) is 53.9 Å². The first-order chi connectivity index (χ1) is 14.2. The molecule has 3 aromatic rings. The van der Waals surface area contributed by atoms with E-state index in [9.17, 15) is 26.7 Å². The van der Waals surface area contributed by atoms with Gasteiger partial charge in [0.25, 0.3) is 0 Å². The first kappa shape index (κ1) is 21.7. The summed E-state index contributed by atoms with van der Waals surface area (Å²) in [7, 11) is 0. The number of rotatable bonds is 7. The number of aromatic nitrogens is 1. The minimum Gasteiger partial charge on any atom is -0.435 e. The van der Waals surface area contributed by atoms with E-state index in [0.717, 1.165) is 12.1 Å². The van der Waals surface area contributed by atoms with Crippen molar-refractivity contribution in [3.63, 3.8) is 0 Å². The second-order valence-electron chi connectivity index (χ2n) is 6.20. The van der Waals surface area contributed by atoms with E-state index in [2.05, 4.69) is 15.0 Å². The van der Waals surface area contributed by atoms with E-state index in [1.807, 2.05) is 0 Å². The van der Waals surface area contributed by atoms with Gasteiger partial charge in [0.05, 0.1) is 17.7 Å². The first-order valence-electron chi connectivity index (χ1n) is 8.63. The highest BCUT2D eigenvalue weighted by atomic mass is 32.1. The lowest BCUT2D eigenvalue weighted by molar-refractivity contribution is -0.137. The average Bonchev–Trinajstić information content (AvgIpc) is 3.15. The van der Waals surface area contributed by atoms with Gasteiger partial charge < -0.3 is 10.1 Å². The second kappa shape index (κ2) is 9.21. The van der Waals surface area contributed by atoms with Crippen molar-refractivity contribution in [3.8, 4) is 16.3 Å². The predicted octanol–water partition coefficient (Wildman–Crippen LogP) is 5.29. The highest BCUT2D eigenvalue weighted by Crippen LogP contribution is 2.31. The molecule has 30 heavy (non-hydrogen) atoms. The molecule has 0 aliphatic carbocycles. The number of alkyl halides is 5. The summed E-state index contributed by atoms with van der Waals surface area (Å²) >= 11 is 1.23. The van der Waals surface area contributed by atoms with Crippen LogP contribution in [0.5, 0.6) is 5.75 Å². The van der Waals surface area contributed by atoms with Crippen molar-refractivity contribution in [2.24, 2.45) is 0 Å². The highest BCUT2D eigenvalue weighted by molar-refractivity contribution is 7.13. The van der Waals surface area contributed by atoms with Gasteiger partial charge in [-0.25, -0.2) is 4.98 Å². The Balaban J connectivity index is 1.53. The Hall–Kier alpha value is -3.01. The Morgan fingerprint density at radius 2 is 1.73 bits per heavy atom. The molecule has 10 heteroatoms. The smallest absolute Gasteiger partial charge is 0.416 e. The van der Waals surface area contributed by atoms with Crippen molar-refractivity contribution >= 4 is 17.2 Å². The molecule has 1 heterocycles. The molecule has 0 aliphatic rings. The van der Waals surface area contributed by atoms with Crippen molar-refractivity contribution in [1.29, 1.82) is 0 Å². The molecule has 0 atom stereocenters. The lowest BCUT2D eigenvalue weighted by Gasteiger charge is -2.07. The summed E-state index contributed by atoms with van der Waals surface area (Å²) in [6, 6.07) is 10.5. The van der Waals surface area contributed by atoms with E-state index in [0.29, 0.717) is 21.8 Å². The van der Waals surface area contributed by atoms with E-state index >= 15 is 0 Å². The van der Waals surface area contributed by atoms with Gasteiger partial charge in [0.2, 0.25) is 5.91 Å². The molecule has 0 bridgehead atoms. The van der Waals surface area contributed by atoms with Crippen LogP contribution in [0.1, 0.15) is 16.8 Å². The van der Waals surface area contributed by atoms with Crippen LogP contribution in [0.3, 0.4) is 0 Å². The van der Waals surface area contributed by atoms with Crippen LogP contribution >= 0.6 is 11.3 Å². The Bertz CT molecular complexity index is 986. The number of halogens is 5. The van der Waals surface area contributed by atoms with Crippen molar-refractivity contribution in [1.82, 2.24) is 10.3 Å². The molecule has 1 N–H and O–H groups in total. The summed E-state index contributed by atoms with van der Waals surface area (Å²) in [6.07, 6.45) is -4.40. The second-order valence-corrected chi connectivity index (χ2v) is 7.05. The number of ether oxygens (including phenoxy) is 1. The molecule has 3 rings (SSSR count). The third-order valence-electron chi connectivity index (χ3n) is 3.99. The van der Waals surface area contributed by atoms with Gasteiger partial charge in [0.15, 0.2) is 0 Å². The van der Waals surface area contributed by atoms with Crippen molar-refractivity contribution in [2.45, 2.75) is 25.8 Å². The Morgan fingerprint density at radius 3 is 2.33 bits per heavy atom. The van der Waals surface area contributed by atoms with Crippen molar-refractivity contribution < 1.29 is 31.5 Å². The largest absolute Gasteiger partial charge is 0.435 e. The third kappa shape index (κ3) is 5.99. The normalized spacial score (nSPS) is 11.5.